The number of nitrogens with two attached hydrogens (primary N) is 1. The normalized spacial score (nSPS) is 36.8. The van der Waals surface area contributed by atoms with Gasteiger partial charge in [0.25, 0.3) is 0 Å². The molecule has 1 unspecified atom stereocenters. The molecule has 7 rings (SSSR count). The van der Waals surface area contributed by atoms with Crippen molar-refractivity contribution >= 4 is 46.4 Å². The molecule has 2 saturated heterocycles. The molecule has 0 radical (unpaired) electrons. The van der Waals surface area contributed by atoms with Gasteiger partial charge in [-0.3, -0.25) is 14.4 Å². The van der Waals surface area contributed by atoms with E-state index in [0.717, 1.165) is 68.6 Å². The highest BCUT2D eigenvalue weighted by atomic mass is 32.2. The molecule has 3 saturated carbocycles. The zero-order valence-corrected chi connectivity index (χ0v) is 32.2. The van der Waals surface area contributed by atoms with Crippen molar-refractivity contribution < 1.29 is 24.2 Å². The Balaban J connectivity index is 0.936. The number of thioether (sulfide) groups is 1. The van der Waals surface area contributed by atoms with Crippen LogP contribution in [-0.4, -0.2) is 103 Å². The number of aliphatic hydroxyl groups is 1. The number of amides is 1. The fourth-order valence-electron chi connectivity index (χ4n) is 10.8. The molecule has 9 atom stereocenters. The Kier molecular flexibility index (Phi) is 10.3. The molecule has 3 N–H and O–H groups in total. The largest absolute Gasteiger partial charge is 0.461 e. The summed E-state index contributed by atoms with van der Waals surface area (Å²) >= 11 is 1.60. The molecule has 3 aliphatic carbocycles. The number of imidazole rings is 1. The Hall–Kier alpha value is -3.03. The molecule has 2 aromatic heterocycles. The Morgan fingerprint density at radius 3 is 2.60 bits per heavy atom. The van der Waals surface area contributed by atoms with E-state index >= 15 is 0 Å². The minimum atomic E-state index is -0.680. The number of aryl methyl sites for hydroxylation is 1. The minimum absolute atomic E-state index is 0.0581. The summed E-state index contributed by atoms with van der Waals surface area (Å²) in [5.74, 6) is 1.01. The van der Waals surface area contributed by atoms with Crippen LogP contribution in [0.5, 0.6) is 0 Å². The Morgan fingerprint density at radius 1 is 1.12 bits per heavy atom. The number of aromatic nitrogens is 4. The topological polar surface area (TPSA) is 157 Å². The van der Waals surface area contributed by atoms with Crippen molar-refractivity contribution in [3.8, 4) is 0 Å². The third-order valence-corrected chi connectivity index (χ3v) is 15.6. The zero-order valence-electron chi connectivity index (χ0n) is 31.3. The molecule has 4 heterocycles. The minimum Gasteiger partial charge on any atom is -0.461 e. The first-order valence-electron chi connectivity index (χ1n) is 19.4. The summed E-state index contributed by atoms with van der Waals surface area (Å²) in [7, 11) is 0. The predicted molar refractivity (Wildman–Crippen MR) is 201 cm³/mol. The number of Topliss-reactive ketones (excluding diaryl/α,β-unsaturated/α-hetero) is 1. The second-order valence-corrected chi connectivity index (χ2v) is 18.3. The third-order valence-electron chi connectivity index (χ3n) is 14.3. The summed E-state index contributed by atoms with van der Waals surface area (Å²) in [4.78, 5) is 58.2. The van der Waals surface area contributed by atoms with Gasteiger partial charge in [0.2, 0.25) is 5.91 Å². The molecule has 0 spiro atoms. The number of rotatable bonds is 9. The molecule has 13 heteroatoms. The number of carbonyl (C=O) groups excluding carboxylic acids is 3. The molecule has 1 amide bonds. The van der Waals surface area contributed by atoms with Crippen LogP contribution in [0.25, 0.3) is 11.2 Å². The summed E-state index contributed by atoms with van der Waals surface area (Å²) < 4.78 is 8.37. The van der Waals surface area contributed by atoms with Crippen molar-refractivity contribution in [2.45, 2.75) is 116 Å². The van der Waals surface area contributed by atoms with Gasteiger partial charge in [0.1, 0.15) is 18.2 Å². The highest BCUT2D eigenvalue weighted by Crippen LogP contribution is 2.68. The highest BCUT2D eigenvalue weighted by Gasteiger charge is 2.68. The fourth-order valence-corrected chi connectivity index (χ4v) is 11.8. The van der Waals surface area contributed by atoms with Crippen LogP contribution in [-0.2, 0) is 25.7 Å². The number of hydrogen-bond acceptors (Lipinski definition) is 11. The van der Waals surface area contributed by atoms with Gasteiger partial charge in [-0.1, -0.05) is 33.8 Å². The lowest BCUT2D eigenvalue weighted by molar-refractivity contribution is -0.205. The molecule has 52 heavy (non-hydrogen) atoms. The van der Waals surface area contributed by atoms with E-state index in [1.54, 1.807) is 24.4 Å². The van der Waals surface area contributed by atoms with Crippen LogP contribution in [0.1, 0.15) is 85.5 Å². The van der Waals surface area contributed by atoms with Gasteiger partial charge in [0.05, 0.1) is 18.2 Å². The Morgan fingerprint density at radius 2 is 1.88 bits per heavy atom. The van der Waals surface area contributed by atoms with Crippen LogP contribution in [0.2, 0.25) is 0 Å². The van der Waals surface area contributed by atoms with Crippen LogP contribution in [0.3, 0.4) is 0 Å². The van der Waals surface area contributed by atoms with Gasteiger partial charge >= 0.3 is 5.97 Å². The van der Waals surface area contributed by atoms with Crippen molar-refractivity contribution in [2.75, 3.05) is 36.8 Å². The molecule has 5 aliphatic rings. The molecule has 2 bridgehead atoms. The molecular weight excluding hydrogens is 679 g/mol. The van der Waals surface area contributed by atoms with Crippen molar-refractivity contribution in [3.05, 3.63) is 25.3 Å². The smallest absolute Gasteiger partial charge is 0.316 e. The zero-order chi connectivity index (χ0) is 37.0. The number of nitrogens with zero attached hydrogens (tertiary/aromatic N) is 6. The van der Waals surface area contributed by atoms with Gasteiger partial charge in [0, 0.05) is 73.6 Å². The highest BCUT2D eigenvalue weighted by molar-refractivity contribution is 8.00. The molecule has 12 nitrogen and oxygen atoms in total. The van der Waals surface area contributed by atoms with E-state index in [2.05, 4.69) is 47.2 Å². The van der Waals surface area contributed by atoms with E-state index in [1.165, 1.54) is 0 Å². The third kappa shape index (κ3) is 6.36. The van der Waals surface area contributed by atoms with Crippen molar-refractivity contribution in [2.24, 2.45) is 39.7 Å². The Labute approximate surface area is 311 Å². The van der Waals surface area contributed by atoms with Crippen molar-refractivity contribution in [3.63, 3.8) is 0 Å². The number of fused-ring (bicyclic) bond motifs is 1. The van der Waals surface area contributed by atoms with Crippen LogP contribution < -0.4 is 10.6 Å². The number of hydrogen-bond donors (Lipinski definition) is 2. The first kappa shape index (κ1) is 37.3. The average molecular weight is 736 g/mol. The summed E-state index contributed by atoms with van der Waals surface area (Å²) in [5.41, 5.74) is 6.11. The molecule has 2 aromatic rings. The number of likely N-dealkylation sites (tertiary alicyclic amines) is 1. The van der Waals surface area contributed by atoms with E-state index in [4.69, 9.17) is 10.5 Å². The first-order chi connectivity index (χ1) is 24.8. The number of piperidine rings is 1. The maximum atomic E-state index is 13.7. The summed E-state index contributed by atoms with van der Waals surface area (Å²) in [6.07, 6.45) is 10.4. The predicted octanol–water partition coefficient (Wildman–Crippen LogP) is 4.38. The number of carbonyl (C=O) groups is 3. The van der Waals surface area contributed by atoms with Gasteiger partial charge in [0.15, 0.2) is 17.0 Å². The molecular formula is C39H57N7O5S. The SMILES string of the molecule is C=C[C@]1(C)C[C@@H](OC(=O)CSC2CCN(C(=O)CCn3cnc4c(N5CCC(N)C5)ncnc43)CC2)[C@]2(C)[C@H](C)CC[C@]3(CCC(=O)[C@@H]32)[C@@H](C)[C@@H]1O. The second-order valence-electron chi connectivity index (χ2n) is 17.0. The van der Waals surface area contributed by atoms with Crippen molar-refractivity contribution in [1.82, 2.24) is 24.4 Å². The van der Waals surface area contributed by atoms with Crippen molar-refractivity contribution in [1.29, 1.82) is 0 Å². The monoisotopic (exact) mass is 735 g/mol. The van der Waals surface area contributed by atoms with Gasteiger partial charge in [-0.05, 0) is 62.2 Å². The van der Waals surface area contributed by atoms with Gasteiger partial charge < -0.3 is 29.9 Å². The molecule has 5 fully saturated rings. The van der Waals surface area contributed by atoms with E-state index < -0.39 is 23.0 Å². The first-order valence-corrected chi connectivity index (χ1v) is 20.4. The van der Waals surface area contributed by atoms with Crippen LogP contribution in [0.15, 0.2) is 25.3 Å². The molecule has 0 aromatic carbocycles. The number of ether oxygens (including phenoxy) is 1. The van der Waals surface area contributed by atoms with Gasteiger partial charge in [-0.2, -0.15) is 0 Å². The van der Waals surface area contributed by atoms with Gasteiger partial charge in [-0.25, -0.2) is 15.0 Å². The number of ketones is 1. The Bertz CT molecular complexity index is 1700. The van der Waals surface area contributed by atoms with E-state index in [9.17, 15) is 19.5 Å². The quantitative estimate of drug-likeness (QED) is 0.278. The summed E-state index contributed by atoms with van der Waals surface area (Å²) in [6.45, 7) is 16.0. The van der Waals surface area contributed by atoms with Gasteiger partial charge in [-0.15, -0.1) is 18.3 Å². The van der Waals surface area contributed by atoms with E-state index in [1.807, 2.05) is 22.5 Å². The molecule has 284 valence electrons. The summed E-state index contributed by atoms with van der Waals surface area (Å²) in [6, 6.07) is 0.130. The van der Waals surface area contributed by atoms with E-state index in [-0.39, 0.29) is 57.9 Å². The number of aliphatic hydroxyl groups excluding tert-OH is 1. The maximum Gasteiger partial charge on any atom is 0.316 e. The number of esters is 1. The maximum absolute atomic E-state index is 13.7. The summed E-state index contributed by atoms with van der Waals surface area (Å²) in [5, 5.41) is 12.0. The fraction of sp³-hybridized carbons (Fsp3) is 0.744. The lowest BCUT2D eigenvalue weighted by Crippen LogP contribution is -2.63. The van der Waals surface area contributed by atoms with Crippen LogP contribution >= 0.6 is 11.8 Å². The lowest BCUT2D eigenvalue weighted by Gasteiger charge is -2.61. The second kappa shape index (κ2) is 14.3. The molecule has 2 aliphatic heterocycles. The average Bonchev–Trinajstić information content (AvgIpc) is 3.87. The lowest BCUT2D eigenvalue weighted by atomic mass is 9.44. The van der Waals surface area contributed by atoms with Crippen LogP contribution in [0, 0.1) is 34.0 Å². The standard InChI is InChI=1S/C39H57N7O5S/c1-6-37(4)19-29(38(5)24(2)7-13-39(25(3)34(37)50)14-8-28(47)33(38)39)51-31(49)21-52-27-10-16-44(17-11-27)30(48)12-18-46-23-43-32-35(41-22-42-36(32)46)45-15-9-26(40)20-45/h6,22-27,29,33-34,50H,1,7-21,40H2,2-5H3/t24-,25+,26?,29-,33-,34+,37-,38+,39+/m1/s1. The van der Waals surface area contributed by atoms with Crippen LogP contribution in [0.4, 0.5) is 5.82 Å². The van der Waals surface area contributed by atoms with E-state index in [0.29, 0.717) is 38.9 Å². The number of anilines is 1.